The highest BCUT2D eigenvalue weighted by Crippen LogP contribution is 2.24. The van der Waals surface area contributed by atoms with Gasteiger partial charge in [-0.1, -0.05) is 30.3 Å². The van der Waals surface area contributed by atoms with Crippen molar-refractivity contribution in [2.45, 2.75) is 11.4 Å². The minimum absolute atomic E-state index is 0.362. The fraction of sp³-hybridized carbons (Fsp3) is 0.304. The molecule has 0 bridgehead atoms. The number of rotatable bonds is 6. The van der Waals surface area contributed by atoms with Crippen LogP contribution in [0.2, 0.25) is 0 Å². The lowest BCUT2D eigenvalue weighted by Gasteiger charge is -2.31. The largest absolute Gasteiger partial charge is 0.497 e. The average Bonchev–Trinajstić information content (AvgIpc) is 2.79. The normalized spacial score (nSPS) is 15.9. The van der Waals surface area contributed by atoms with Crippen molar-refractivity contribution in [3.63, 3.8) is 0 Å². The van der Waals surface area contributed by atoms with E-state index in [9.17, 15) is 8.42 Å². The first-order valence-electron chi connectivity index (χ1n) is 10.0. The summed E-state index contributed by atoms with van der Waals surface area (Å²) >= 11 is 0. The number of hydrogen-bond donors (Lipinski definition) is 1. The summed E-state index contributed by atoms with van der Waals surface area (Å²) in [6.45, 7) is 3.30. The summed E-state index contributed by atoms with van der Waals surface area (Å²) in [6.07, 6.45) is 0. The number of ether oxygens (including phenoxy) is 2. The molecule has 7 heteroatoms. The number of quaternary nitrogens is 1. The highest BCUT2D eigenvalue weighted by molar-refractivity contribution is 7.89. The molecule has 1 aliphatic rings. The molecule has 0 radical (unpaired) electrons. The molecule has 1 heterocycles. The molecule has 1 fully saturated rings. The van der Waals surface area contributed by atoms with Gasteiger partial charge in [-0.3, -0.25) is 0 Å². The van der Waals surface area contributed by atoms with Crippen molar-refractivity contribution in [3.05, 3.63) is 66.2 Å². The van der Waals surface area contributed by atoms with Crippen LogP contribution in [0.3, 0.4) is 0 Å². The molecule has 1 N–H and O–H groups in total. The number of methoxy groups -OCH3 is 2. The van der Waals surface area contributed by atoms with Gasteiger partial charge in [0.25, 0.3) is 0 Å². The first-order chi connectivity index (χ1) is 14.5. The van der Waals surface area contributed by atoms with Crippen molar-refractivity contribution in [2.24, 2.45) is 0 Å². The van der Waals surface area contributed by atoms with Crippen LogP contribution in [0.4, 0.5) is 0 Å². The number of sulfonamides is 1. The van der Waals surface area contributed by atoms with Gasteiger partial charge >= 0.3 is 0 Å². The number of nitrogens with one attached hydrogen (secondary N) is 1. The second-order valence-corrected chi connectivity index (χ2v) is 9.46. The molecule has 0 unspecified atom stereocenters. The summed E-state index contributed by atoms with van der Waals surface area (Å²) in [5.74, 6) is 1.56. The zero-order valence-electron chi connectivity index (χ0n) is 17.3. The molecule has 0 aliphatic carbocycles. The average molecular weight is 428 g/mol. The molecule has 1 saturated heterocycles. The van der Waals surface area contributed by atoms with Crippen molar-refractivity contribution in [2.75, 3.05) is 40.4 Å². The van der Waals surface area contributed by atoms with E-state index in [0.29, 0.717) is 18.0 Å². The molecule has 0 amide bonds. The SMILES string of the molecule is COc1ccc(C[NH+]2CCN(S(=O)(=O)c3ccc4ccccc4c3)CC2)c(OC)c1. The van der Waals surface area contributed by atoms with Crippen LogP contribution in [0.1, 0.15) is 5.56 Å². The predicted octanol–water partition coefficient (Wildman–Crippen LogP) is 1.95. The summed E-state index contributed by atoms with van der Waals surface area (Å²) in [5.41, 5.74) is 1.10. The Morgan fingerprint density at radius 1 is 0.900 bits per heavy atom. The van der Waals surface area contributed by atoms with E-state index >= 15 is 0 Å². The van der Waals surface area contributed by atoms with Gasteiger partial charge in [-0.2, -0.15) is 4.31 Å². The smallest absolute Gasteiger partial charge is 0.243 e. The Kier molecular flexibility index (Phi) is 5.94. The number of fused-ring (bicyclic) bond motifs is 1. The standard InChI is InChI=1S/C23H26N2O4S/c1-28-21-9-7-20(23(16-21)29-2)17-24-11-13-25(14-12-24)30(26,27)22-10-8-18-5-3-4-6-19(18)15-22/h3-10,15-16H,11-14,17H2,1-2H3/p+1. The Hall–Kier alpha value is -2.61. The number of benzene rings is 3. The fourth-order valence-corrected chi connectivity index (χ4v) is 5.44. The predicted molar refractivity (Wildman–Crippen MR) is 117 cm³/mol. The van der Waals surface area contributed by atoms with Gasteiger partial charge in [0, 0.05) is 11.6 Å². The molecule has 3 aromatic rings. The summed E-state index contributed by atoms with van der Waals surface area (Å²) in [7, 11) is -0.205. The summed E-state index contributed by atoms with van der Waals surface area (Å²) in [5, 5.41) is 1.98. The lowest BCUT2D eigenvalue weighted by molar-refractivity contribution is -0.917. The Labute approximate surface area is 177 Å². The van der Waals surface area contributed by atoms with E-state index in [1.807, 2.05) is 48.5 Å². The summed E-state index contributed by atoms with van der Waals surface area (Å²) in [6, 6.07) is 19.0. The van der Waals surface area contributed by atoms with Gasteiger partial charge in [0.1, 0.15) is 18.0 Å². The molecule has 0 saturated carbocycles. The van der Waals surface area contributed by atoms with Crippen LogP contribution in [0.5, 0.6) is 11.5 Å². The van der Waals surface area contributed by atoms with Crippen molar-refractivity contribution >= 4 is 20.8 Å². The second kappa shape index (κ2) is 8.63. The maximum Gasteiger partial charge on any atom is 0.243 e. The van der Waals surface area contributed by atoms with Gasteiger partial charge in [-0.05, 0) is 35.0 Å². The van der Waals surface area contributed by atoms with Crippen molar-refractivity contribution in [3.8, 4) is 11.5 Å². The highest BCUT2D eigenvalue weighted by atomic mass is 32.2. The van der Waals surface area contributed by atoms with Crippen LogP contribution >= 0.6 is 0 Å². The quantitative estimate of drug-likeness (QED) is 0.653. The van der Waals surface area contributed by atoms with E-state index in [4.69, 9.17) is 9.47 Å². The van der Waals surface area contributed by atoms with Crippen LogP contribution in [0.25, 0.3) is 10.8 Å². The van der Waals surface area contributed by atoms with Gasteiger partial charge < -0.3 is 14.4 Å². The minimum Gasteiger partial charge on any atom is -0.497 e. The monoisotopic (exact) mass is 427 g/mol. The van der Waals surface area contributed by atoms with Gasteiger partial charge in [-0.15, -0.1) is 0 Å². The second-order valence-electron chi connectivity index (χ2n) is 7.52. The fourth-order valence-electron chi connectivity index (χ4n) is 3.96. The molecule has 3 aromatic carbocycles. The highest BCUT2D eigenvalue weighted by Gasteiger charge is 2.30. The molecule has 0 spiro atoms. The third kappa shape index (κ3) is 4.14. The minimum atomic E-state index is -3.49. The van der Waals surface area contributed by atoms with Gasteiger partial charge in [-0.25, -0.2) is 8.42 Å². The maximum absolute atomic E-state index is 13.1. The topological polar surface area (TPSA) is 60.3 Å². The molecule has 158 valence electrons. The van der Waals surface area contributed by atoms with Crippen LogP contribution in [-0.4, -0.2) is 53.1 Å². The molecule has 30 heavy (non-hydrogen) atoms. The summed E-state index contributed by atoms with van der Waals surface area (Å²) in [4.78, 5) is 1.70. The molecule has 6 nitrogen and oxygen atoms in total. The Bertz CT molecular complexity index is 1140. The third-order valence-corrected chi connectivity index (χ3v) is 7.62. The number of piperazine rings is 1. The van der Waals surface area contributed by atoms with E-state index in [-0.39, 0.29) is 0 Å². The van der Waals surface area contributed by atoms with Gasteiger partial charge in [0.05, 0.1) is 45.3 Å². The van der Waals surface area contributed by atoms with Crippen molar-refractivity contribution < 1.29 is 22.8 Å². The first kappa shape index (κ1) is 20.7. The lowest BCUT2D eigenvalue weighted by Crippen LogP contribution is -3.13. The molecular weight excluding hydrogens is 400 g/mol. The molecule has 0 aromatic heterocycles. The maximum atomic E-state index is 13.1. The van der Waals surface area contributed by atoms with E-state index in [2.05, 4.69) is 0 Å². The van der Waals surface area contributed by atoms with E-state index in [0.717, 1.165) is 47.5 Å². The van der Waals surface area contributed by atoms with Crippen molar-refractivity contribution in [1.29, 1.82) is 0 Å². The number of hydrogen-bond acceptors (Lipinski definition) is 4. The Balaban J connectivity index is 1.44. The lowest BCUT2D eigenvalue weighted by atomic mass is 10.1. The van der Waals surface area contributed by atoms with Crippen LogP contribution in [0.15, 0.2) is 65.6 Å². The van der Waals surface area contributed by atoms with E-state index < -0.39 is 10.0 Å². The number of nitrogens with zero attached hydrogens (tertiary/aromatic N) is 1. The van der Waals surface area contributed by atoms with E-state index in [1.54, 1.807) is 30.7 Å². The van der Waals surface area contributed by atoms with Gasteiger partial charge in [0.2, 0.25) is 10.0 Å². The third-order valence-electron chi connectivity index (χ3n) is 5.72. The molecule has 1 aliphatic heterocycles. The van der Waals surface area contributed by atoms with Crippen LogP contribution in [0, 0.1) is 0 Å². The Morgan fingerprint density at radius 2 is 1.63 bits per heavy atom. The van der Waals surface area contributed by atoms with Gasteiger partial charge in [0.15, 0.2) is 0 Å². The molecule has 0 atom stereocenters. The molecule has 4 rings (SSSR count). The molecular formula is C23H27N2O4S+. The zero-order chi connectivity index (χ0) is 21.1. The van der Waals surface area contributed by atoms with Crippen molar-refractivity contribution in [1.82, 2.24) is 4.31 Å². The zero-order valence-corrected chi connectivity index (χ0v) is 18.1. The Morgan fingerprint density at radius 3 is 2.33 bits per heavy atom. The van der Waals surface area contributed by atoms with Crippen LogP contribution < -0.4 is 14.4 Å². The summed E-state index contributed by atoms with van der Waals surface area (Å²) < 4.78 is 38.7. The van der Waals surface area contributed by atoms with Crippen LogP contribution in [-0.2, 0) is 16.6 Å². The van der Waals surface area contributed by atoms with E-state index in [1.165, 1.54) is 4.90 Å². The first-order valence-corrected chi connectivity index (χ1v) is 11.5.